The molecule has 0 N–H and O–H groups in total. The summed E-state index contributed by atoms with van der Waals surface area (Å²) in [5, 5.41) is 0. The molecular formula is C11H24O6. The van der Waals surface area contributed by atoms with Crippen LogP contribution >= 0.6 is 0 Å². The molecule has 0 aliphatic carbocycles. The molecule has 6 heteroatoms. The van der Waals surface area contributed by atoms with Gasteiger partial charge in [0.25, 0.3) is 0 Å². The number of methoxy groups -OCH3 is 2. The third-order valence-corrected chi connectivity index (χ3v) is 1.99. The predicted octanol–water partition coefficient (Wildman–Crippen LogP) is 0.995. The van der Waals surface area contributed by atoms with E-state index in [2.05, 4.69) is 0 Å². The van der Waals surface area contributed by atoms with Crippen LogP contribution in [0.1, 0.15) is 13.8 Å². The van der Waals surface area contributed by atoms with Gasteiger partial charge in [-0.3, -0.25) is 0 Å². The highest BCUT2D eigenvalue weighted by atomic mass is 16.7. The molecule has 0 aromatic heterocycles. The van der Waals surface area contributed by atoms with Crippen LogP contribution in [0.2, 0.25) is 0 Å². The lowest BCUT2D eigenvalue weighted by molar-refractivity contribution is -0.148. The number of hydrogen-bond donors (Lipinski definition) is 0. The molecule has 0 aromatic carbocycles. The first-order valence-corrected chi connectivity index (χ1v) is 5.65. The summed E-state index contributed by atoms with van der Waals surface area (Å²) in [5.74, 6) is 0. The molecule has 0 rings (SSSR count). The zero-order valence-electron chi connectivity index (χ0n) is 11.1. The Bertz CT molecular complexity index is 139. The van der Waals surface area contributed by atoms with E-state index in [-0.39, 0.29) is 19.4 Å². The molecule has 0 bridgehead atoms. The fourth-order valence-electron chi connectivity index (χ4n) is 0.859. The van der Waals surface area contributed by atoms with E-state index in [1.54, 1.807) is 14.2 Å². The van der Waals surface area contributed by atoms with Gasteiger partial charge in [-0.15, -0.1) is 0 Å². The molecule has 17 heavy (non-hydrogen) atoms. The number of rotatable bonds is 12. The predicted molar refractivity (Wildman–Crippen MR) is 61.6 cm³/mol. The Morgan fingerprint density at radius 1 is 0.706 bits per heavy atom. The molecule has 0 fully saturated rings. The van der Waals surface area contributed by atoms with Crippen LogP contribution in [0.4, 0.5) is 0 Å². The molecule has 0 radical (unpaired) electrons. The van der Waals surface area contributed by atoms with Gasteiger partial charge in [-0.05, 0) is 13.8 Å². The minimum Gasteiger partial charge on any atom is -0.356 e. The largest absolute Gasteiger partial charge is 0.356 e. The Morgan fingerprint density at radius 2 is 1.12 bits per heavy atom. The summed E-state index contributed by atoms with van der Waals surface area (Å²) in [6.07, 6.45) is -0.410. The van der Waals surface area contributed by atoms with E-state index < -0.39 is 0 Å². The van der Waals surface area contributed by atoms with Crippen molar-refractivity contribution in [3.8, 4) is 0 Å². The Morgan fingerprint density at radius 3 is 1.47 bits per heavy atom. The second kappa shape index (κ2) is 12.2. The maximum Gasteiger partial charge on any atom is 0.154 e. The first kappa shape index (κ1) is 16.8. The van der Waals surface area contributed by atoms with Crippen molar-refractivity contribution in [2.45, 2.75) is 26.4 Å². The Kier molecular flexibility index (Phi) is 12.1. The average Bonchev–Trinajstić information content (AvgIpc) is 2.35. The van der Waals surface area contributed by atoms with Crippen molar-refractivity contribution in [1.82, 2.24) is 0 Å². The summed E-state index contributed by atoms with van der Waals surface area (Å²) in [6, 6.07) is 0. The quantitative estimate of drug-likeness (QED) is 0.381. The van der Waals surface area contributed by atoms with Crippen LogP contribution in [0, 0.1) is 0 Å². The number of hydrogen-bond acceptors (Lipinski definition) is 6. The summed E-state index contributed by atoms with van der Waals surface area (Å²) < 4.78 is 30.6. The molecular weight excluding hydrogens is 228 g/mol. The van der Waals surface area contributed by atoms with E-state index in [1.165, 1.54) is 0 Å². The van der Waals surface area contributed by atoms with Crippen molar-refractivity contribution < 1.29 is 28.4 Å². The third-order valence-electron chi connectivity index (χ3n) is 1.99. The highest BCUT2D eigenvalue weighted by Gasteiger charge is 1.99. The fourth-order valence-corrected chi connectivity index (χ4v) is 0.859. The van der Waals surface area contributed by atoms with Crippen LogP contribution in [-0.4, -0.2) is 60.0 Å². The molecule has 0 aromatic rings. The average molecular weight is 252 g/mol. The molecule has 2 unspecified atom stereocenters. The summed E-state index contributed by atoms with van der Waals surface area (Å²) in [7, 11) is 3.19. The summed E-state index contributed by atoms with van der Waals surface area (Å²) in [4.78, 5) is 0. The molecule has 0 saturated carbocycles. The van der Waals surface area contributed by atoms with Crippen LogP contribution in [0.25, 0.3) is 0 Å². The monoisotopic (exact) mass is 252 g/mol. The van der Waals surface area contributed by atoms with Crippen LogP contribution in [0.3, 0.4) is 0 Å². The first-order chi connectivity index (χ1) is 8.20. The standard InChI is InChI=1S/C11H24O6/c1-10(12-3)16-7-5-14-9-15-6-8-17-11(2)13-4/h10-11H,5-9H2,1-4H3. The molecule has 6 nitrogen and oxygen atoms in total. The second-order valence-electron chi connectivity index (χ2n) is 3.28. The van der Waals surface area contributed by atoms with Gasteiger partial charge in [0.1, 0.15) is 6.79 Å². The Hall–Kier alpha value is -0.240. The van der Waals surface area contributed by atoms with Crippen molar-refractivity contribution >= 4 is 0 Å². The lowest BCUT2D eigenvalue weighted by atomic mass is 10.7. The van der Waals surface area contributed by atoms with Gasteiger partial charge in [0.2, 0.25) is 0 Å². The van der Waals surface area contributed by atoms with Crippen molar-refractivity contribution in [2.24, 2.45) is 0 Å². The van der Waals surface area contributed by atoms with E-state index in [1.807, 2.05) is 13.8 Å². The highest BCUT2D eigenvalue weighted by Crippen LogP contribution is 1.92. The maximum atomic E-state index is 5.22. The van der Waals surface area contributed by atoms with E-state index in [9.17, 15) is 0 Å². The van der Waals surface area contributed by atoms with Crippen LogP contribution in [0.15, 0.2) is 0 Å². The topological polar surface area (TPSA) is 55.4 Å². The van der Waals surface area contributed by atoms with Gasteiger partial charge in [-0.2, -0.15) is 0 Å². The van der Waals surface area contributed by atoms with Crippen molar-refractivity contribution in [1.29, 1.82) is 0 Å². The van der Waals surface area contributed by atoms with Gasteiger partial charge in [-0.1, -0.05) is 0 Å². The van der Waals surface area contributed by atoms with Crippen LogP contribution in [0.5, 0.6) is 0 Å². The minimum atomic E-state index is -0.205. The van der Waals surface area contributed by atoms with Crippen molar-refractivity contribution in [3.05, 3.63) is 0 Å². The Labute approximate surface area is 103 Å². The van der Waals surface area contributed by atoms with E-state index in [0.717, 1.165) is 0 Å². The molecule has 0 amide bonds. The van der Waals surface area contributed by atoms with E-state index in [4.69, 9.17) is 28.4 Å². The van der Waals surface area contributed by atoms with E-state index >= 15 is 0 Å². The van der Waals surface area contributed by atoms with Crippen LogP contribution < -0.4 is 0 Å². The number of ether oxygens (including phenoxy) is 6. The Balaban J connectivity index is 3.04. The van der Waals surface area contributed by atoms with Crippen LogP contribution in [-0.2, 0) is 28.4 Å². The van der Waals surface area contributed by atoms with Gasteiger partial charge in [0.05, 0.1) is 26.4 Å². The lowest BCUT2D eigenvalue weighted by Crippen LogP contribution is -2.17. The summed E-state index contributed by atoms with van der Waals surface area (Å²) >= 11 is 0. The zero-order valence-corrected chi connectivity index (χ0v) is 11.1. The smallest absolute Gasteiger partial charge is 0.154 e. The third kappa shape index (κ3) is 12.0. The molecule has 0 saturated heterocycles. The SMILES string of the molecule is COC(C)OCCOCOCCOC(C)OC. The first-order valence-electron chi connectivity index (χ1n) is 5.65. The summed E-state index contributed by atoms with van der Waals surface area (Å²) in [6.45, 7) is 5.79. The van der Waals surface area contributed by atoms with Gasteiger partial charge < -0.3 is 28.4 Å². The maximum absolute atomic E-state index is 5.22. The van der Waals surface area contributed by atoms with Gasteiger partial charge in [-0.25, -0.2) is 0 Å². The highest BCUT2D eigenvalue weighted by molar-refractivity contribution is 4.32. The molecule has 0 spiro atoms. The fraction of sp³-hybridized carbons (Fsp3) is 1.00. The van der Waals surface area contributed by atoms with Gasteiger partial charge in [0, 0.05) is 14.2 Å². The van der Waals surface area contributed by atoms with Crippen molar-refractivity contribution in [3.63, 3.8) is 0 Å². The normalized spacial score (nSPS) is 14.8. The molecule has 104 valence electrons. The molecule has 0 heterocycles. The molecule has 0 aliphatic rings. The minimum absolute atomic E-state index is 0.205. The summed E-state index contributed by atoms with van der Waals surface area (Å²) in [5.41, 5.74) is 0. The molecule has 0 aliphatic heterocycles. The lowest BCUT2D eigenvalue weighted by Gasteiger charge is -2.12. The molecule has 2 atom stereocenters. The van der Waals surface area contributed by atoms with Crippen molar-refractivity contribution in [2.75, 3.05) is 47.4 Å². The van der Waals surface area contributed by atoms with Gasteiger partial charge in [0.15, 0.2) is 12.6 Å². The van der Waals surface area contributed by atoms with E-state index in [0.29, 0.717) is 26.4 Å². The zero-order chi connectivity index (χ0) is 12.9. The second-order valence-corrected chi connectivity index (χ2v) is 3.28. The van der Waals surface area contributed by atoms with Gasteiger partial charge >= 0.3 is 0 Å².